The summed E-state index contributed by atoms with van der Waals surface area (Å²) < 4.78 is 8.56. The number of aryl methyl sites for hydroxylation is 1. The standard InChI is InChI=1S/C19H25N5O3/c1-2-24-19(26)23-9-8-22(16(25)14-21-10-12-27-13-11-21)17(18(23)20-24)15-6-4-3-5-7-15/h3-7,17H,2,8-14H2,1H3. The lowest BCUT2D eigenvalue weighted by Crippen LogP contribution is -2.49. The Labute approximate surface area is 157 Å². The summed E-state index contributed by atoms with van der Waals surface area (Å²) in [5, 5.41) is 4.55. The van der Waals surface area contributed by atoms with Gasteiger partial charge in [0.05, 0.1) is 19.8 Å². The average molecular weight is 371 g/mol. The topological polar surface area (TPSA) is 72.6 Å². The Kier molecular flexibility index (Phi) is 5.09. The van der Waals surface area contributed by atoms with Gasteiger partial charge in [0, 0.05) is 32.7 Å². The van der Waals surface area contributed by atoms with Crippen molar-refractivity contribution in [2.45, 2.75) is 26.1 Å². The number of morpholine rings is 1. The molecule has 1 amide bonds. The van der Waals surface area contributed by atoms with E-state index >= 15 is 0 Å². The van der Waals surface area contributed by atoms with Crippen molar-refractivity contribution in [2.24, 2.45) is 0 Å². The zero-order valence-corrected chi connectivity index (χ0v) is 15.6. The molecule has 27 heavy (non-hydrogen) atoms. The highest BCUT2D eigenvalue weighted by Crippen LogP contribution is 2.30. The smallest absolute Gasteiger partial charge is 0.346 e. The minimum absolute atomic E-state index is 0.0653. The van der Waals surface area contributed by atoms with E-state index < -0.39 is 0 Å². The first-order valence-corrected chi connectivity index (χ1v) is 9.51. The quantitative estimate of drug-likeness (QED) is 0.774. The monoisotopic (exact) mass is 371 g/mol. The van der Waals surface area contributed by atoms with Crippen molar-refractivity contribution in [3.63, 3.8) is 0 Å². The van der Waals surface area contributed by atoms with Gasteiger partial charge in [-0.2, -0.15) is 5.10 Å². The molecular formula is C19H25N5O3. The van der Waals surface area contributed by atoms with Gasteiger partial charge in [0.1, 0.15) is 6.04 Å². The molecule has 144 valence electrons. The van der Waals surface area contributed by atoms with Crippen LogP contribution in [-0.2, 0) is 22.6 Å². The molecule has 2 aliphatic heterocycles. The van der Waals surface area contributed by atoms with Crippen molar-refractivity contribution in [2.75, 3.05) is 39.4 Å². The normalized spacial score (nSPS) is 20.5. The zero-order valence-electron chi connectivity index (χ0n) is 15.6. The van der Waals surface area contributed by atoms with Crippen LogP contribution in [0.3, 0.4) is 0 Å². The van der Waals surface area contributed by atoms with Crippen molar-refractivity contribution in [3.05, 3.63) is 52.2 Å². The van der Waals surface area contributed by atoms with E-state index in [-0.39, 0.29) is 17.6 Å². The van der Waals surface area contributed by atoms with Gasteiger partial charge in [-0.15, -0.1) is 0 Å². The molecule has 0 aliphatic carbocycles. The van der Waals surface area contributed by atoms with Gasteiger partial charge in [-0.25, -0.2) is 9.48 Å². The number of hydrogen-bond acceptors (Lipinski definition) is 5. The number of aromatic nitrogens is 3. The number of fused-ring (bicyclic) bond motifs is 1. The predicted octanol–water partition coefficient (Wildman–Crippen LogP) is 0.329. The lowest BCUT2D eigenvalue weighted by atomic mass is 10.0. The number of nitrogens with zero attached hydrogens (tertiary/aromatic N) is 5. The molecule has 0 radical (unpaired) electrons. The first-order valence-electron chi connectivity index (χ1n) is 9.51. The Balaban J connectivity index is 1.68. The van der Waals surface area contributed by atoms with Crippen LogP contribution in [0.4, 0.5) is 0 Å². The molecule has 1 aromatic heterocycles. The van der Waals surface area contributed by atoms with Gasteiger partial charge in [-0.3, -0.25) is 14.3 Å². The second kappa shape index (κ2) is 7.66. The van der Waals surface area contributed by atoms with Gasteiger partial charge in [-0.05, 0) is 12.5 Å². The van der Waals surface area contributed by atoms with E-state index in [4.69, 9.17) is 4.74 Å². The molecule has 2 aliphatic rings. The summed E-state index contributed by atoms with van der Waals surface area (Å²) in [5.41, 5.74) is 0.871. The third-order valence-corrected chi connectivity index (χ3v) is 5.27. The predicted molar refractivity (Wildman–Crippen MR) is 99.4 cm³/mol. The molecule has 8 nitrogen and oxygen atoms in total. The minimum Gasteiger partial charge on any atom is -0.379 e. The number of carbonyl (C=O) groups is 1. The van der Waals surface area contributed by atoms with Crippen molar-refractivity contribution >= 4 is 5.91 Å². The van der Waals surface area contributed by atoms with Crippen LogP contribution in [0.15, 0.2) is 35.1 Å². The number of hydrogen-bond donors (Lipinski definition) is 0. The van der Waals surface area contributed by atoms with Crippen LogP contribution < -0.4 is 5.69 Å². The summed E-state index contributed by atoms with van der Waals surface area (Å²) >= 11 is 0. The van der Waals surface area contributed by atoms with Crippen LogP contribution in [-0.4, -0.2) is 69.4 Å². The molecule has 1 atom stereocenters. The molecule has 1 unspecified atom stereocenters. The largest absolute Gasteiger partial charge is 0.379 e. The van der Waals surface area contributed by atoms with E-state index in [1.807, 2.05) is 42.2 Å². The molecule has 8 heteroatoms. The molecule has 0 saturated carbocycles. The fourth-order valence-corrected chi connectivity index (χ4v) is 3.83. The van der Waals surface area contributed by atoms with E-state index in [9.17, 15) is 9.59 Å². The van der Waals surface area contributed by atoms with E-state index in [1.165, 1.54) is 4.68 Å². The summed E-state index contributed by atoms with van der Waals surface area (Å²) in [6.45, 7) is 6.63. The Morgan fingerprint density at radius 2 is 1.89 bits per heavy atom. The molecule has 0 bridgehead atoms. The van der Waals surface area contributed by atoms with Gasteiger partial charge in [0.25, 0.3) is 0 Å². The van der Waals surface area contributed by atoms with Crippen LogP contribution in [0.25, 0.3) is 0 Å². The highest BCUT2D eigenvalue weighted by molar-refractivity contribution is 5.79. The van der Waals surface area contributed by atoms with Crippen LogP contribution in [0.1, 0.15) is 24.4 Å². The van der Waals surface area contributed by atoms with Crippen LogP contribution in [0, 0.1) is 0 Å². The Hall–Kier alpha value is -2.45. The molecule has 0 spiro atoms. The molecule has 3 heterocycles. The third kappa shape index (κ3) is 3.42. The lowest BCUT2D eigenvalue weighted by Gasteiger charge is -2.37. The van der Waals surface area contributed by atoms with Gasteiger partial charge in [-0.1, -0.05) is 30.3 Å². The maximum atomic E-state index is 13.1. The number of carbonyl (C=O) groups excluding carboxylic acids is 1. The van der Waals surface area contributed by atoms with E-state index in [2.05, 4.69) is 10.00 Å². The van der Waals surface area contributed by atoms with Crippen molar-refractivity contribution in [1.29, 1.82) is 0 Å². The molecule has 2 aromatic rings. The molecule has 1 saturated heterocycles. The van der Waals surface area contributed by atoms with E-state index in [0.29, 0.717) is 45.2 Å². The van der Waals surface area contributed by atoms with E-state index in [0.717, 1.165) is 18.7 Å². The third-order valence-electron chi connectivity index (χ3n) is 5.27. The minimum atomic E-state index is -0.339. The van der Waals surface area contributed by atoms with Gasteiger partial charge < -0.3 is 9.64 Å². The Morgan fingerprint density at radius 3 is 2.59 bits per heavy atom. The number of amides is 1. The second-order valence-electron chi connectivity index (χ2n) is 6.90. The van der Waals surface area contributed by atoms with Gasteiger partial charge >= 0.3 is 5.69 Å². The highest BCUT2D eigenvalue weighted by atomic mass is 16.5. The maximum absolute atomic E-state index is 13.1. The average Bonchev–Trinajstić information content (AvgIpc) is 3.04. The first kappa shape index (κ1) is 17.9. The molecule has 1 fully saturated rings. The zero-order chi connectivity index (χ0) is 18.8. The van der Waals surface area contributed by atoms with Gasteiger partial charge in [0.15, 0.2) is 5.82 Å². The lowest BCUT2D eigenvalue weighted by molar-refractivity contribution is -0.136. The first-order chi connectivity index (χ1) is 13.2. The fourth-order valence-electron chi connectivity index (χ4n) is 3.83. The van der Waals surface area contributed by atoms with Gasteiger partial charge in [0.2, 0.25) is 5.91 Å². The summed E-state index contributed by atoms with van der Waals surface area (Å²) in [6.07, 6.45) is 0. The van der Waals surface area contributed by atoms with Crippen molar-refractivity contribution in [1.82, 2.24) is 24.1 Å². The fraction of sp³-hybridized carbons (Fsp3) is 0.526. The van der Waals surface area contributed by atoms with Crippen molar-refractivity contribution in [3.8, 4) is 0 Å². The number of ether oxygens (including phenoxy) is 1. The maximum Gasteiger partial charge on any atom is 0.346 e. The summed E-state index contributed by atoms with van der Waals surface area (Å²) in [5.74, 6) is 0.713. The molecule has 1 aromatic carbocycles. The Bertz CT molecular complexity index is 854. The van der Waals surface area contributed by atoms with E-state index in [1.54, 1.807) is 4.57 Å². The second-order valence-corrected chi connectivity index (χ2v) is 6.90. The SMILES string of the molecule is CCn1nc2n(c1=O)CCN(C(=O)CN1CCOCC1)C2c1ccccc1. The highest BCUT2D eigenvalue weighted by Gasteiger charge is 2.36. The van der Waals surface area contributed by atoms with Crippen LogP contribution >= 0.6 is 0 Å². The summed E-state index contributed by atoms with van der Waals surface area (Å²) in [7, 11) is 0. The van der Waals surface area contributed by atoms with Crippen LogP contribution in [0.2, 0.25) is 0 Å². The number of rotatable bonds is 4. The molecule has 0 N–H and O–H groups in total. The molecular weight excluding hydrogens is 346 g/mol. The molecule has 4 rings (SSSR count). The summed E-state index contributed by atoms with van der Waals surface area (Å²) in [4.78, 5) is 29.7. The number of benzene rings is 1. The Morgan fingerprint density at radius 1 is 1.15 bits per heavy atom. The summed E-state index contributed by atoms with van der Waals surface area (Å²) in [6, 6.07) is 9.50. The van der Waals surface area contributed by atoms with Crippen LogP contribution in [0.5, 0.6) is 0 Å². The van der Waals surface area contributed by atoms with Crippen molar-refractivity contribution < 1.29 is 9.53 Å².